The van der Waals surface area contributed by atoms with Crippen LogP contribution < -0.4 is 0 Å². The fraction of sp³-hybridized carbons (Fsp3) is 0.222. The summed E-state index contributed by atoms with van der Waals surface area (Å²) in [6.45, 7) is 1.88. The summed E-state index contributed by atoms with van der Waals surface area (Å²) in [4.78, 5) is 24.3. The van der Waals surface area contributed by atoms with E-state index in [1.54, 1.807) is 38.4 Å². The Morgan fingerprint density at radius 3 is 2.38 bits per heavy atom. The number of rotatable bonds is 7. The number of nitro benzene ring substituents is 1. The number of carbonyl (C=O) groups is 1. The molecule has 9 nitrogen and oxygen atoms in total. The first-order valence-electron chi connectivity index (χ1n) is 8.17. The topological polar surface area (TPSA) is 119 Å². The molecule has 0 aliphatic rings. The van der Waals surface area contributed by atoms with E-state index in [9.17, 15) is 23.3 Å². The first-order valence-corrected chi connectivity index (χ1v) is 10.4. The van der Waals surface area contributed by atoms with Crippen LogP contribution in [-0.4, -0.2) is 51.8 Å². The molecular formula is C18H19N3O6S2. The van der Waals surface area contributed by atoms with Gasteiger partial charge in [-0.2, -0.15) is 8.42 Å². The number of sulfonamides is 1. The van der Waals surface area contributed by atoms with Crippen LogP contribution >= 0.6 is 11.8 Å². The Bertz CT molecular complexity index is 1060. The van der Waals surface area contributed by atoms with Crippen molar-refractivity contribution in [2.75, 3.05) is 21.2 Å². The highest BCUT2D eigenvalue weighted by atomic mass is 32.2. The van der Waals surface area contributed by atoms with Crippen LogP contribution in [0.3, 0.4) is 0 Å². The molecule has 0 fully saturated rings. The summed E-state index contributed by atoms with van der Waals surface area (Å²) < 4.78 is 33.8. The van der Waals surface area contributed by atoms with E-state index >= 15 is 0 Å². The maximum atomic E-state index is 12.8. The fourth-order valence-corrected chi connectivity index (χ4v) is 4.58. The molecule has 2 aromatic rings. The molecule has 29 heavy (non-hydrogen) atoms. The summed E-state index contributed by atoms with van der Waals surface area (Å²) in [5.74, 6) is -0.895. The molecule has 0 radical (unpaired) electrons. The number of aryl methyl sites for hydroxylation is 1. The molecule has 0 unspecified atom stereocenters. The SMILES string of the molecule is COC(=O)c1cc([N+](=O)[O-])c(Sc2ccc(C)cc2)c(S(=O)(=O)N=CN(C)C)c1. The molecule has 0 spiro atoms. The van der Waals surface area contributed by atoms with Crippen LogP contribution in [0.4, 0.5) is 5.69 Å². The lowest BCUT2D eigenvalue weighted by atomic mass is 10.2. The van der Waals surface area contributed by atoms with Gasteiger partial charge < -0.3 is 9.64 Å². The van der Waals surface area contributed by atoms with Gasteiger partial charge in [-0.15, -0.1) is 4.40 Å². The molecule has 11 heteroatoms. The number of hydrogen-bond acceptors (Lipinski definition) is 7. The second-order valence-corrected chi connectivity index (χ2v) is 8.83. The lowest BCUT2D eigenvalue weighted by molar-refractivity contribution is -0.388. The molecule has 0 saturated heterocycles. The number of methoxy groups -OCH3 is 1. The van der Waals surface area contributed by atoms with Gasteiger partial charge in [0.1, 0.15) is 16.1 Å². The Morgan fingerprint density at radius 2 is 1.86 bits per heavy atom. The number of esters is 1. The van der Waals surface area contributed by atoms with Crippen molar-refractivity contribution in [2.45, 2.75) is 21.6 Å². The van der Waals surface area contributed by atoms with Crippen LogP contribution in [0.5, 0.6) is 0 Å². The van der Waals surface area contributed by atoms with Crippen molar-refractivity contribution in [3.63, 3.8) is 0 Å². The van der Waals surface area contributed by atoms with E-state index in [0.29, 0.717) is 4.90 Å². The lowest BCUT2D eigenvalue weighted by Gasteiger charge is -2.11. The van der Waals surface area contributed by atoms with Crippen molar-refractivity contribution in [3.05, 3.63) is 57.6 Å². The number of benzene rings is 2. The van der Waals surface area contributed by atoms with Gasteiger partial charge in [0.25, 0.3) is 15.7 Å². The molecule has 0 heterocycles. The van der Waals surface area contributed by atoms with Gasteiger partial charge in [0.2, 0.25) is 0 Å². The van der Waals surface area contributed by atoms with Gasteiger partial charge in [0, 0.05) is 25.1 Å². The summed E-state index contributed by atoms with van der Waals surface area (Å²) in [5, 5.41) is 11.7. The Kier molecular flexibility index (Phi) is 6.98. The average Bonchev–Trinajstić information content (AvgIpc) is 2.67. The number of nitrogens with zero attached hydrogens (tertiary/aromatic N) is 3. The van der Waals surface area contributed by atoms with E-state index in [0.717, 1.165) is 42.9 Å². The van der Waals surface area contributed by atoms with E-state index in [-0.39, 0.29) is 10.5 Å². The zero-order valence-corrected chi connectivity index (χ0v) is 17.8. The van der Waals surface area contributed by atoms with Crippen molar-refractivity contribution in [2.24, 2.45) is 4.40 Å². The van der Waals surface area contributed by atoms with Crippen molar-refractivity contribution >= 4 is 39.8 Å². The fourth-order valence-electron chi connectivity index (χ4n) is 2.19. The number of carbonyl (C=O) groups excluding carboxylic acids is 1. The van der Waals surface area contributed by atoms with Crippen LogP contribution in [-0.2, 0) is 14.8 Å². The van der Waals surface area contributed by atoms with E-state index in [1.807, 2.05) is 6.92 Å². The molecular weight excluding hydrogens is 418 g/mol. The van der Waals surface area contributed by atoms with Crippen molar-refractivity contribution in [1.82, 2.24) is 4.90 Å². The Labute approximate surface area is 172 Å². The highest BCUT2D eigenvalue weighted by Gasteiger charge is 2.29. The third-order valence-electron chi connectivity index (χ3n) is 3.59. The van der Waals surface area contributed by atoms with Gasteiger partial charge in [-0.3, -0.25) is 10.1 Å². The maximum Gasteiger partial charge on any atom is 0.338 e. The van der Waals surface area contributed by atoms with E-state index in [4.69, 9.17) is 0 Å². The summed E-state index contributed by atoms with van der Waals surface area (Å²) in [6.07, 6.45) is 1.06. The van der Waals surface area contributed by atoms with E-state index < -0.39 is 31.5 Å². The minimum absolute atomic E-state index is 0.137. The molecule has 0 aliphatic carbocycles. The monoisotopic (exact) mass is 437 g/mol. The van der Waals surface area contributed by atoms with Gasteiger partial charge >= 0.3 is 5.97 Å². The predicted octanol–water partition coefficient (Wildman–Crippen LogP) is 3.12. The zero-order valence-electron chi connectivity index (χ0n) is 16.1. The third kappa shape index (κ3) is 5.55. The molecule has 0 aromatic heterocycles. The second kappa shape index (κ2) is 9.05. The molecule has 0 bridgehead atoms. The first kappa shape index (κ1) is 22.4. The molecule has 0 atom stereocenters. The van der Waals surface area contributed by atoms with Crippen molar-refractivity contribution in [1.29, 1.82) is 0 Å². The predicted molar refractivity (Wildman–Crippen MR) is 109 cm³/mol. The molecule has 2 rings (SSSR count). The van der Waals surface area contributed by atoms with Gasteiger partial charge in [-0.25, -0.2) is 4.79 Å². The minimum atomic E-state index is -4.34. The minimum Gasteiger partial charge on any atom is -0.465 e. The summed E-state index contributed by atoms with van der Waals surface area (Å²) >= 11 is 0.907. The molecule has 154 valence electrons. The highest BCUT2D eigenvalue weighted by Crippen LogP contribution is 2.41. The average molecular weight is 437 g/mol. The Hall–Kier alpha value is -2.92. The van der Waals surface area contributed by atoms with Gasteiger partial charge in [0.15, 0.2) is 0 Å². The molecule has 2 aromatic carbocycles. The summed E-state index contributed by atoms with van der Waals surface area (Å²) in [7, 11) is -0.0857. The largest absolute Gasteiger partial charge is 0.465 e. The highest BCUT2D eigenvalue weighted by molar-refractivity contribution is 8.00. The summed E-state index contributed by atoms with van der Waals surface area (Å²) in [5.41, 5.74) is 0.191. The van der Waals surface area contributed by atoms with Crippen LogP contribution in [0, 0.1) is 17.0 Å². The first-order chi connectivity index (χ1) is 13.5. The normalized spacial score (nSPS) is 11.4. The number of hydrogen-bond donors (Lipinski definition) is 0. The molecule has 0 amide bonds. The van der Waals surface area contributed by atoms with Crippen LogP contribution in [0.15, 0.2) is 55.5 Å². The Morgan fingerprint density at radius 1 is 1.24 bits per heavy atom. The standard InChI is InChI=1S/C18H19N3O6S2/c1-12-5-7-14(8-6-12)28-17-15(21(23)24)9-13(18(22)27-4)10-16(17)29(25,26)19-11-20(2)3/h5-11H,1-4H3. The van der Waals surface area contributed by atoms with Crippen molar-refractivity contribution < 1.29 is 22.9 Å². The van der Waals surface area contributed by atoms with Gasteiger partial charge in [-0.05, 0) is 25.1 Å². The third-order valence-corrected chi connectivity index (χ3v) is 6.11. The van der Waals surface area contributed by atoms with Crippen LogP contribution in [0.2, 0.25) is 0 Å². The van der Waals surface area contributed by atoms with Gasteiger partial charge in [0.05, 0.1) is 17.6 Å². The summed E-state index contributed by atoms with van der Waals surface area (Å²) in [6, 6.07) is 9.08. The van der Waals surface area contributed by atoms with E-state index in [1.165, 1.54) is 4.90 Å². The lowest BCUT2D eigenvalue weighted by Crippen LogP contribution is -2.12. The quantitative estimate of drug-likeness (QED) is 0.213. The van der Waals surface area contributed by atoms with Crippen LogP contribution in [0.1, 0.15) is 15.9 Å². The van der Waals surface area contributed by atoms with Gasteiger partial charge in [-0.1, -0.05) is 29.5 Å². The smallest absolute Gasteiger partial charge is 0.338 e. The molecule has 0 N–H and O–H groups in total. The van der Waals surface area contributed by atoms with E-state index in [2.05, 4.69) is 9.13 Å². The maximum absolute atomic E-state index is 12.8. The molecule has 0 saturated carbocycles. The molecule has 0 aliphatic heterocycles. The number of ether oxygens (including phenoxy) is 1. The van der Waals surface area contributed by atoms with Crippen molar-refractivity contribution in [3.8, 4) is 0 Å². The van der Waals surface area contributed by atoms with Crippen LogP contribution in [0.25, 0.3) is 0 Å². The zero-order chi connectivity index (χ0) is 21.8. The Balaban J connectivity index is 2.78. The second-order valence-electron chi connectivity index (χ2n) is 6.15. The number of nitro groups is 1.